The van der Waals surface area contributed by atoms with Crippen LogP contribution >= 0.6 is 11.6 Å². The highest BCUT2D eigenvalue weighted by Gasteiger charge is 2.14. The molecule has 0 bridgehead atoms. The lowest BCUT2D eigenvalue weighted by Gasteiger charge is -2.08. The average Bonchev–Trinajstić information content (AvgIpc) is 2.94. The van der Waals surface area contributed by atoms with Crippen LogP contribution in [0, 0.1) is 10.1 Å². The van der Waals surface area contributed by atoms with Gasteiger partial charge in [-0.25, -0.2) is 10.2 Å². The number of carbonyl (C=O) groups excluding carboxylic acids is 3. The van der Waals surface area contributed by atoms with Gasteiger partial charge in [-0.05, 0) is 66.7 Å². The van der Waals surface area contributed by atoms with Crippen LogP contribution < -0.4 is 15.5 Å². The lowest BCUT2D eigenvalue weighted by Crippen LogP contribution is -2.18. The smallest absolute Gasteiger partial charge is 0.343 e. The molecular formula is C28H19ClN4O6. The minimum Gasteiger partial charge on any atom is -0.422 e. The number of nitro groups is 1. The number of hydrazone groups is 1. The largest absolute Gasteiger partial charge is 0.422 e. The van der Waals surface area contributed by atoms with E-state index < -0.39 is 16.8 Å². The van der Waals surface area contributed by atoms with Gasteiger partial charge in [0, 0.05) is 39.5 Å². The van der Waals surface area contributed by atoms with Crippen LogP contribution in [0.15, 0.2) is 102 Å². The summed E-state index contributed by atoms with van der Waals surface area (Å²) >= 11 is 5.85. The Bertz CT molecular complexity index is 1570. The maximum Gasteiger partial charge on any atom is 0.343 e. The van der Waals surface area contributed by atoms with Crippen LogP contribution in [0.4, 0.5) is 11.4 Å². The Morgan fingerprint density at radius 3 is 2.23 bits per heavy atom. The number of ether oxygens (including phenoxy) is 1. The number of nitrogens with one attached hydrogen (secondary N) is 2. The summed E-state index contributed by atoms with van der Waals surface area (Å²) < 4.78 is 5.41. The Hall–Kier alpha value is -5.35. The van der Waals surface area contributed by atoms with Crippen LogP contribution in [0.25, 0.3) is 0 Å². The molecule has 0 saturated carbocycles. The van der Waals surface area contributed by atoms with Crippen molar-refractivity contribution in [3.8, 4) is 5.75 Å². The van der Waals surface area contributed by atoms with Crippen LogP contribution in [-0.4, -0.2) is 28.9 Å². The number of rotatable bonds is 8. The molecule has 39 heavy (non-hydrogen) atoms. The van der Waals surface area contributed by atoms with Gasteiger partial charge in [0.1, 0.15) is 5.75 Å². The Balaban J connectivity index is 1.39. The summed E-state index contributed by atoms with van der Waals surface area (Å²) in [5, 5.41) is 18.0. The molecule has 11 heteroatoms. The fraction of sp³-hybridized carbons (Fsp3) is 0. The zero-order chi connectivity index (χ0) is 27.8. The van der Waals surface area contributed by atoms with E-state index in [1.165, 1.54) is 36.5 Å². The molecule has 0 heterocycles. The van der Waals surface area contributed by atoms with Gasteiger partial charge in [0.15, 0.2) is 0 Å². The molecule has 0 unspecified atom stereocenters. The average molecular weight is 543 g/mol. The highest BCUT2D eigenvalue weighted by molar-refractivity contribution is 6.30. The highest BCUT2D eigenvalue weighted by atomic mass is 35.5. The molecule has 0 saturated heterocycles. The Morgan fingerprint density at radius 2 is 1.51 bits per heavy atom. The first kappa shape index (κ1) is 26.7. The number of anilines is 1. The maximum atomic E-state index is 12.6. The third kappa shape index (κ3) is 7.12. The maximum absolute atomic E-state index is 12.6. The molecule has 194 valence electrons. The first-order chi connectivity index (χ1) is 18.8. The van der Waals surface area contributed by atoms with E-state index in [1.54, 1.807) is 66.7 Å². The van der Waals surface area contributed by atoms with Crippen molar-refractivity contribution in [1.29, 1.82) is 0 Å². The van der Waals surface area contributed by atoms with E-state index in [2.05, 4.69) is 15.8 Å². The van der Waals surface area contributed by atoms with E-state index in [0.29, 0.717) is 21.8 Å². The summed E-state index contributed by atoms with van der Waals surface area (Å²) in [6.45, 7) is 0. The van der Waals surface area contributed by atoms with E-state index in [-0.39, 0.29) is 28.5 Å². The second-order valence-electron chi connectivity index (χ2n) is 7.97. The number of non-ortho nitro benzene ring substituents is 1. The Morgan fingerprint density at radius 1 is 0.821 bits per heavy atom. The van der Waals surface area contributed by atoms with E-state index in [4.69, 9.17) is 16.3 Å². The van der Waals surface area contributed by atoms with Crippen LogP contribution in [0.2, 0.25) is 5.02 Å². The molecule has 0 aliphatic heterocycles. The second kappa shape index (κ2) is 12.3. The first-order valence-electron chi connectivity index (χ1n) is 11.4. The fourth-order valence-electron chi connectivity index (χ4n) is 3.33. The molecule has 0 spiro atoms. The first-order valence-corrected chi connectivity index (χ1v) is 11.7. The van der Waals surface area contributed by atoms with Gasteiger partial charge in [-0.1, -0.05) is 29.8 Å². The number of nitrogens with zero attached hydrogens (tertiary/aromatic N) is 2. The molecule has 10 nitrogen and oxygen atoms in total. The molecule has 0 fully saturated rings. The number of halogens is 1. The number of hydrogen-bond donors (Lipinski definition) is 2. The van der Waals surface area contributed by atoms with Gasteiger partial charge >= 0.3 is 5.97 Å². The lowest BCUT2D eigenvalue weighted by atomic mass is 10.1. The van der Waals surface area contributed by atoms with Crippen molar-refractivity contribution in [3.63, 3.8) is 0 Å². The zero-order valence-corrected chi connectivity index (χ0v) is 20.8. The van der Waals surface area contributed by atoms with Crippen molar-refractivity contribution in [1.82, 2.24) is 5.43 Å². The Kier molecular flexibility index (Phi) is 8.40. The molecule has 2 amide bonds. The van der Waals surface area contributed by atoms with E-state index in [0.717, 1.165) is 0 Å². The molecular weight excluding hydrogens is 524 g/mol. The van der Waals surface area contributed by atoms with Crippen LogP contribution in [0.1, 0.15) is 36.6 Å². The van der Waals surface area contributed by atoms with Crippen LogP contribution in [0.5, 0.6) is 5.75 Å². The lowest BCUT2D eigenvalue weighted by molar-refractivity contribution is -0.384. The van der Waals surface area contributed by atoms with Gasteiger partial charge in [-0.3, -0.25) is 19.7 Å². The molecule has 2 N–H and O–H groups in total. The van der Waals surface area contributed by atoms with E-state index >= 15 is 0 Å². The molecule has 0 atom stereocenters. The van der Waals surface area contributed by atoms with Gasteiger partial charge in [0.2, 0.25) is 0 Å². The third-order valence-electron chi connectivity index (χ3n) is 5.29. The normalized spacial score (nSPS) is 10.6. The molecule has 0 radical (unpaired) electrons. The number of amides is 2. The monoisotopic (exact) mass is 542 g/mol. The molecule has 4 aromatic rings. The number of para-hydroxylation sites is 1. The van der Waals surface area contributed by atoms with Gasteiger partial charge in [-0.2, -0.15) is 5.10 Å². The van der Waals surface area contributed by atoms with Crippen molar-refractivity contribution in [3.05, 3.63) is 134 Å². The van der Waals surface area contributed by atoms with Gasteiger partial charge < -0.3 is 10.1 Å². The molecule has 0 aromatic heterocycles. The summed E-state index contributed by atoms with van der Waals surface area (Å²) in [7, 11) is 0. The van der Waals surface area contributed by atoms with Crippen molar-refractivity contribution >= 4 is 47.0 Å². The second-order valence-corrected chi connectivity index (χ2v) is 8.41. The number of nitro benzene ring substituents is 1. The number of carbonyl (C=O) groups is 3. The molecule has 0 aliphatic carbocycles. The van der Waals surface area contributed by atoms with Crippen LogP contribution in [0.3, 0.4) is 0 Å². The van der Waals surface area contributed by atoms with Crippen molar-refractivity contribution in [2.75, 3.05) is 5.32 Å². The van der Waals surface area contributed by atoms with E-state index in [9.17, 15) is 24.5 Å². The number of hydrogen-bond acceptors (Lipinski definition) is 7. The van der Waals surface area contributed by atoms with Crippen molar-refractivity contribution < 1.29 is 24.0 Å². The number of benzene rings is 4. The topological polar surface area (TPSA) is 140 Å². The zero-order valence-electron chi connectivity index (χ0n) is 20.0. The highest BCUT2D eigenvalue weighted by Crippen LogP contribution is 2.19. The van der Waals surface area contributed by atoms with Gasteiger partial charge in [0.05, 0.1) is 16.7 Å². The summed E-state index contributed by atoms with van der Waals surface area (Å²) in [4.78, 5) is 47.8. The molecule has 0 aliphatic rings. The summed E-state index contributed by atoms with van der Waals surface area (Å²) in [5.74, 6) is -1.44. The minimum atomic E-state index is -0.716. The summed E-state index contributed by atoms with van der Waals surface area (Å²) in [6.07, 6.45) is 1.31. The van der Waals surface area contributed by atoms with Gasteiger partial charge in [0.25, 0.3) is 17.5 Å². The van der Waals surface area contributed by atoms with Gasteiger partial charge in [-0.15, -0.1) is 0 Å². The molecule has 4 aromatic carbocycles. The quantitative estimate of drug-likeness (QED) is 0.0992. The SMILES string of the molecule is O=C(NN=Cc1ccccc1OC(=O)c1ccc([N+](=O)[O-])cc1)c1cccc(NC(=O)c2ccc(Cl)cc2)c1. The number of esters is 1. The van der Waals surface area contributed by atoms with Crippen molar-refractivity contribution in [2.24, 2.45) is 5.10 Å². The third-order valence-corrected chi connectivity index (χ3v) is 5.55. The Labute approximate surface area is 227 Å². The molecule has 4 rings (SSSR count). The van der Waals surface area contributed by atoms with Crippen LogP contribution in [-0.2, 0) is 0 Å². The van der Waals surface area contributed by atoms with E-state index in [1.807, 2.05) is 0 Å². The predicted octanol–water partition coefficient (Wildman–Crippen LogP) is 5.48. The standard InChI is InChI=1S/C28H19ClN4O6/c29-22-12-8-18(9-13-22)26(34)31-23-6-3-5-20(16-23)27(35)32-30-17-21-4-1-2-7-25(21)39-28(36)19-10-14-24(15-11-19)33(37)38/h1-17H,(H,31,34)(H,32,35). The fourth-order valence-corrected chi connectivity index (χ4v) is 3.45. The summed E-state index contributed by atoms with van der Waals surface area (Å²) in [6, 6.07) is 24.2. The van der Waals surface area contributed by atoms with Crippen molar-refractivity contribution in [2.45, 2.75) is 0 Å². The minimum absolute atomic E-state index is 0.128. The predicted molar refractivity (Wildman–Crippen MR) is 145 cm³/mol. The summed E-state index contributed by atoms with van der Waals surface area (Å²) in [5.41, 5.74) is 3.84.